The molecule has 0 aliphatic rings. The smallest absolute Gasteiger partial charge is 0.336 e. The van der Waals surface area contributed by atoms with E-state index >= 15 is 0 Å². The van der Waals surface area contributed by atoms with Crippen molar-refractivity contribution in [2.75, 3.05) is 79.3 Å². The predicted octanol–water partition coefficient (Wildman–Crippen LogP) is 13.0. The molecule has 0 bridgehead atoms. The van der Waals surface area contributed by atoms with Gasteiger partial charge in [0.15, 0.2) is 41.8 Å². The molecule has 0 aliphatic heterocycles. The van der Waals surface area contributed by atoms with E-state index in [0.29, 0.717) is 141 Å². The SMILES string of the molecule is C=C=COOCCCCOc1ccc(C=CC(=O)Oc2ccc3cc(OC(=O)C=Cc4ccc(OCCCCOC(=O)C=C)c(OCCCCOC(=O)C=C)c4OCCCCOOC=C=C)ccc3c2)c(OCCCCOC(=O)C=C)c1OCCCCOOC=C=C. The Balaban J connectivity index is 1.53. The molecular weight excluding hydrogens is 1190 g/mol. The van der Waals surface area contributed by atoms with Gasteiger partial charge >= 0.3 is 29.8 Å². The Hall–Kier alpha value is -10.2. The van der Waals surface area contributed by atoms with Gasteiger partial charge in [-0.2, -0.15) is 14.7 Å². The second-order valence-electron chi connectivity index (χ2n) is 19.0. The number of benzene rings is 4. The van der Waals surface area contributed by atoms with Crippen molar-refractivity contribution in [3.63, 3.8) is 0 Å². The summed E-state index contributed by atoms with van der Waals surface area (Å²) in [7, 11) is 0. The topological polar surface area (TPSA) is 242 Å². The highest BCUT2D eigenvalue weighted by Gasteiger charge is 2.20. The number of esters is 5. The first-order chi connectivity index (χ1) is 45.0. The van der Waals surface area contributed by atoms with E-state index in [1.54, 1.807) is 66.7 Å². The Morgan fingerprint density at radius 2 is 0.652 bits per heavy atom. The van der Waals surface area contributed by atoms with E-state index in [-0.39, 0.29) is 83.3 Å². The molecule has 492 valence electrons. The van der Waals surface area contributed by atoms with Crippen LogP contribution in [0.15, 0.2) is 166 Å². The van der Waals surface area contributed by atoms with Crippen LogP contribution >= 0.6 is 0 Å². The Labute approximate surface area is 536 Å². The summed E-state index contributed by atoms with van der Waals surface area (Å²) in [6, 6.07) is 16.9. The highest BCUT2D eigenvalue weighted by Crippen LogP contribution is 2.43. The van der Waals surface area contributed by atoms with Gasteiger partial charge in [0.2, 0.25) is 11.5 Å². The number of unbranched alkanes of at least 4 members (excludes halogenated alkanes) is 6. The second-order valence-corrected chi connectivity index (χ2v) is 19.0. The first-order valence-electron chi connectivity index (χ1n) is 29.7. The van der Waals surface area contributed by atoms with Crippen LogP contribution in [0.25, 0.3) is 22.9 Å². The fourth-order valence-corrected chi connectivity index (χ4v) is 7.63. The van der Waals surface area contributed by atoms with Crippen LogP contribution in [0.4, 0.5) is 0 Å². The molecule has 0 aliphatic carbocycles. The lowest BCUT2D eigenvalue weighted by Gasteiger charge is -2.19. The number of ether oxygens (including phenoxy) is 11. The third kappa shape index (κ3) is 30.8. The van der Waals surface area contributed by atoms with Crippen molar-refractivity contribution in [2.45, 2.75) is 77.0 Å². The zero-order chi connectivity index (χ0) is 66.1. The van der Waals surface area contributed by atoms with E-state index in [2.05, 4.69) is 56.7 Å². The summed E-state index contributed by atoms with van der Waals surface area (Å²) in [5.41, 5.74) is 8.33. The number of hydrogen-bond donors (Lipinski definition) is 0. The molecule has 22 nitrogen and oxygen atoms in total. The largest absolute Gasteiger partial charge is 0.490 e. The molecule has 0 aromatic heterocycles. The van der Waals surface area contributed by atoms with E-state index in [0.717, 1.165) is 18.2 Å². The molecule has 0 N–H and O–H groups in total. The first kappa shape index (κ1) is 74.3. The van der Waals surface area contributed by atoms with Crippen LogP contribution in [-0.4, -0.2) is 109 Å². The van der Waals surface area contributed by atoms with Crippen molar-refractivity contribution in [2.24, 2.45) is 0 Å². The van der Waals surface area contributed by atoms with Crippen LogP contribution in [0, 0.1) is 0 Å². The van der Waals surface area contributed by atoms with Crippen molar-refractivity contribution < 1.29 is 105 Å². The standard InChI is InChI=1S/C70H80O22/c1-7-37-85-88-49-22-19-41-77-61-34-28-54(67(81-45-17-15-43-79-63(72)11-5)70(61)84-48-21-24-51-90-87-39-9-3)29-35-65(74)91-58-31-25-57-53-59(32-26-56(57)52-58)92-66(75)36-30-55-27-33-60(76-40-13-14-42-78-62(71)10-4)69(83-47-18-16-44-80-64(73)12-6)68(55)82-46-20-23-50-89-86-38-8-2/h10-12,25-39,52-53H,1-6,13-24,40-51H2. The molecule has 0 radical (unpaired) electrons. The fourth-order valence-electron chi connectivity index (χ4n) is 7.63. The molecule has 0 fully saturated rings. The van der Waals surface area contributed by atoms with Crippen LogP contribution in [-0.2, 0) is 67.5 Å². The van der Waals surface area contributed by atoms with Crippen LogP contribution in [0.5, 0.6) is 46.0 Å². The van der Waals surface area contributed by atoms with Gasteiger partial charge in [0.25, 0.3) is 0 Å². The van der Waals surface area contributed by atoms with E-state index in [1.807, 2.05) is 0 Å². The molecule has 0 heterocycles. The highest BCUT2D eigenvalue weighted by atomic mass is 17.2. The molecule has 0 amide bonds. The van der Waals surface area contributed by atoms with Gasteiger partial charge in [-0.3, -0.25) is 0 Å². The Kier molecular flexibility index (Phi) is 37.9. The van der Waals surface area contributed by atoms with Crippen molar-refractivity contribution in [1.29, 1.82) is 0 Å². The van der Waals surface area contributed by atoms with Crippen molar-refractivity contribution >= 4 is 52.8 Å². The molecule has 0 atom stereocenters. The van der Waals surface area contributed by atoms with Gasteiger partial charge in [-0.15, -0.1) is 0 Å². The zero-order valence-electron chi connectivity index (χ0n) is 51.7. The van der Waals surface area contributed by atoms with Crippen molar-refractivity contribution in [3.8, 4) is 46.0 Å². The lowest BCUT2D eigenvalue weighted by Crippen LogP contribution is -2.09. The Morgan fingerprint density at radius 3 is 0.978 bits per heavy atom. The quantitative estimate of drug-likeness (QED) is 0.00459. The molecule has 0 saturated carbocycles. The van der Waals surface area contributed by atoms with Gasteiger partial charge in [-0.25, -0.2) is 24.0 Å². The average molecular weight is 1270 g/mol. The van der Waals surface area contributed by atoms with Crippen LogP contribution < -0.4 is 37.9 Å². The summed E-state index contributed by atoms with van der Waals surface area (Å²) >= 11 is 0. The number of carbonyl (C=O) groups is 5. The van der Waals surface area contributed by atoms with Gasteiger partial charge in [0, 0.05) is 41.5 Å². The van der Waals surface area contributed by atoms with Crippen molar-refractivity contribution in [1.82, 2.24) is 0 Å². The van der Waals surface area contributed by atoms with Gasteiger partial charge in [-0.1, -0.05) is 68.8 Å². The molecule has 4 aromatic carbocycles. The van der Waals surface area contributed by atoms with Gasteiger partial charge in [0.1, 0.15) is 11.5 Å². The monoisotopic (exact) mass is 1270 g/mol. The van der Waals surface area contributed by atoms with Gasteiger partial charge < -0.3 is 66.8 Å². The molecule has 4 rings (SSSR count). The highest BCUT2D eigenvalue weighted by molar-refractivity contribution is 5.93. The van der Waals surface area contributed by atoms with E-state index in [9.17, 15) is 24.0 Å². The zero-order valence-corrected chi connectivity index (χ0v) is 51.7. The van der Waals surface area contributed by atoms with Crippen LogP contribution in [0.1, 0.15) is 88.2 Å². The minimum absolute atomic E-state index is 0.162. The summed E-state index contributed by atoms with van der Waals surface area (Å²) in [6.45, 7) is 23.3. The molecular formula is C70H80O22. The maximum absolute atomic E-state index is 13.5. The molecule has 0 saturated heterocycles. The second kappa shape index (κ2) is 46.9. The summed E-state index contributed by atoms with van der Waals surface area (Å²) in [5.74, 6) is -0.558. The van der Waals surface area contributed by atoms with E-state index in [4.69, 9.17) is 81.4 Å². The predicted molar refractivity (Wildman–Crippen MR) is 340 cm³/mol. The fraction of sp³-hybridized carbons (Fsp3) is 0.343. The number of hydrogen-bond acceptors (Lipinski definition) is 22. The van der Waals surface area contributed by atoms with Crippen molar-refractivity contribution in [3.05, 3.63) is 178 Å². The number of carbonyl (C=O) groups excluding carboxylic acids is 5. The first-order valence-corrected chi connectivity index (χ1v) is 29.7. The van der Waals surface area contributed by atoms with Crippen LogP contribution in [0.2, 0.25) is 0 Å². The van der Waals surface area contributed by atoms with E-state index in [1.165, 1.54) is 37.0 Å². The van der Waals surface area contributed by atoms with Crippen LogP contribution in [0.3, 0.4) is 0 Å². The summed E-state index contributed by atoms with van der Waals surface area (Å²) < 4.78 is 64.6. The van der Waals surface area contributed by atoms with Gasteiger partial charge in [0.05, 0.1) is 79.3 Å². The van der Waals surface area contributed by atoms with E-state index < -0.39 is 29.8 Å². The normalized spacial score (nSPS) is 10.5. The summed E-state index contributed by atoms with van der Waals surface area (Å²) in [6.07, 6.45) is 19.0. The molecule has 22 heteroatoms. The average Bonchev–Trinajstić information content (AvgIpc) is 0.872. The minimum atomic E-state index is -0.701. The maximum Gasteiger partial charge on any atom is 0.336 e. The minimum Gasteiger partial charge on any atom is -0.490 e. The molecule has 4 aromatic rings. The third-order valence-corrected chi connectivity index (χ3v) is 12.0. The summed E-state index contributed by atoms with van der Waals surface area (Å²) in [4.78, 5) is 91.5. The Bertz CT molecular complexity index is 3200. The maximum atomic E-state index is 13.5. The van der Waals surface area contributed by atoms with Gasteiger partial charge in [-0.05, 0) is 149 Å². The Morgan fingerprint density at radius 1 is 0.348 bits per heavy atom. The number of rotatable bonds is 51. The summed E-state index contributed by atoms with van der Waals surface area (Å²) in [5, 5.41) is 1.36. The third-order valence-electron chi connectivity index (χ3n) is 12.0. The lowest BCUT2D eigenvalue weighted by atomic mass is 10.1. The number of fused-ring (bicyclic) bond motifs is 1. The molecule has 92 heavy (non-hydrogen) atoms. The molecule has 0 spiro atoms. The lowest BCUT2D eigenvalue weighted by molar-refractivity contribution is -0.249. The molecule has 0 unspecified atom stereocenters.